The van der Waals surface area contributed by atoms with Gasteiger partial charge in [0.25, 0.3) is 0 Å². The molecule has 4 rings (SSSR count). The predicted octanol–water partition coefficient (Wildman–Crippen LogP) is 5.43. The number of benzene rings is 3. The average molecular weight is 474 g/mol. The topological polar surface area (TPSA) is 78.8 Å². The van der Waals surface area contributed by atoms with E-state index < -0.39 is 12.1 Å². The molecule has 7 heteroatoms. The minimum absolute atomic E-state index is 0. The average Bonchev–Trinajstić information content (AvgIpc) is 2.77. The van der Waals surface area contributed by atoms with Gasteiger partial charge in [0.2, 0.25) is 0 Å². The summed E-state index contributed by atoms with van der Waals surface area (Å²) < 4.78 is 5.90. The molecule has 0 aliphatic heterocycles. The lowest BCUT2D eigenvalue weighted by atomic mass is 9.88. The van der Waals surface area contributed by atoms with Crippen molar-refractivity contribution >= 4 is 30.0 Å². The highest BCUT2D eigenvalue weighted by atomic mass is 35.5. The third-order valence-electron chi connectivity index (χ3n) is 5.56. The Bertz CT molecular complexity index is 1090. The van der Waals surface area contributed by atoms with Crippen molar-refractivity contribution in [2.45, 2.75) is 31.4 Å². The zero-order chi connectivity index (χ0) is 21.8. The number of carboxylic acid groups (broad SMARTS) is 1. The molecule has 0 unspecified atom stereocenters. The number of carbonyl (C=O) groups is 1. The van der Waals surface area contributed by atoms with Crippen molar-refractivity contribution < 1.29 is 19.7 Å². The number of hydrogen-bond donors (Lipinski definition) is 3. The summed E-state index contributed by atoms with van der Waals surface area (Å²) in [6, 6.07) is 20.0. The van der Waals surface area contributed by atoms with Gasteiger partial charge >= 0.3 is 5.97 Å². The lowest BCUT2D eigenvalue weighted by Crippen LogP contribution is -2.37. The van der Waals surface area contributed by atoms with Crippen LogP contribution < -0.4 is 10.1 Å². The van der Waals surface area contributed by atoms with Crippen molar-refractivity contribution in [3.63, 3.8) is 0 Å². The van der Waals surface area contributed by atoms with Crippen LogP contribution in [0.1, 0.15) is 39.6 Å². The van der Waals surface area contributed by atoms with Gasteiger partial charge in [0, 0.05) is 17.6 Å². The molecule has 3 aromatic carbocycles. The molecule has 0 saturated carbocycles. The number of hydrogen-bond acceptors (Lipinski definition) is 4. The molecule has 2 atom stereocenters. The number of carboxylic acids is 1. The Labute approximate surface area is 198 Å². The maximum absolute atomic E-state index is 11.2. The van der Waals surface area contributed by atoms with Crippen LogP contribution in [0.25, 0.3) is 0 Å². The quantitative estimate of drug-likeness (QED) is 0.426. The number of ether oxygens (including phenoxy) is 1. The van der Waals surface area contributed by atoms with Gasteiger partial charge in [-0.15, -0.1) is 12.4 Å². The van der Waals surface area contributed by atoms with Gasteiger partial charge in [-0.1, -0.05) is 35.9 Å². The number of rotatable bonds is 7. The van der Waals surface area contributed by atoms with E-state index in [1.807, 2.05) is 24.3 Å². The van der Waals surface area contributed by atoms with E-state index in [1.165, 1.54) is 23.3 Å². The first kappa shape index (κ1) is 24.1. The molecule has 3 aromatic rings. The number of aliphatic hydroxyl groups is 1. The standard InChI is InChI=1S/C25H24ClNO4.ClH/c26-20-5-1-3-17(11-20)24(28)15-27-21-9-7-16-8-10-23(14-19(16)12-21)31-22-6-2-4-18(13-22)25(29)30;/h1-6,8,10-11,13-14,21,24,27-28H,7,9,12,15H2,(H,29,30);1H/t21-,24+;/m0./s1. The van der Waals surface area contributed by atoms with Crippen molar-refractivity contribution in [1.29, 1.82) is 0 Å². The minimum Gasteiger partial charge on any atom is -0.478 e. The molecule has 0 radical (unpaired) electrons. The number of aromatic carboxylic acids is 1. The summed E-state index contributed by atoms with van der Waals surface area (Å²) in [5.74, 6) is 0.195. The summed E-state index contributed by atoms with van der Waals surface area (Å²) in [7, 11) is 0. The molecule has 3 N–H and O–H groups in total. The number of halogens is 2. The highest BCUT2D eigenvalue weighted by molar-refractivity contribution is 6.30. The molecule has 0 spiro atoms. The Kier molecular flexibility index (Phi) is 8.15. The third-order valence-corrected chi connectivity index (χ3v) is 5.79. The molecular weight excluding hydrogens is 449 g/mol. The second-order valence-corrected chi connectivity index (χ2v) is 8.22. The summed E-state index contributed by atoms with van der Waals surface area (Å²) in [5.41, 5.74) is 3.49. The van der Waals surface area contributed by atoms with Crippen LogP contribution in [-0.2, 0) is 12.8 Å². The van der Waals surface area contributed by atoms with Gasteiger partial charge in [0.05, 0.1) is 11.7 Å². The van der Waals surface area contributed by atoms with Gasteiger partial charge in [-0.05, 0) is 78.4 Å². The SMILES string of the molecule is Cl.O=C(O)c1cccc(Oc2ccc3c(c2)C[C@@H](NC[C@@H](O)c2cccc(Cl)c2)CC3)c1. The van der Waals surface area contributed by atoms with Gasteiger partial charge in [-0.25, -0.2) is 4.79 Å². The first-order valence-corrected chi connectivity index (χ1v) is 10.7. The summed E-state index contributed by atoms with van der Waals surface area (Å²) in [6.45, 7) is 0.457. The largest absolute Gasteiger partial charge is 0.478 e. The van der Waals surface area contributed by atoms with E-state index in [1.54, 1.807) is 24.3 Å². The first-order valence-electron chi connectivity index (χ1n) is 10.3. The van der Waals surface area contributed by atoms with E-state index in [0.717, 1.165) is 24.8 Å². The van der Waals surface area contributed by atoms with E-state index >= 15 is 0 Å². The van der Waals surface area contributed by atoms with Crippen molar-refractivity contribution in [2.24, 2.45) is 0 Å². The molecule has 1 aliphatic rings. The fourth-order valence-electron chi connectivity index (χ4n) is 3.91. The van der Waals surface area contributed by atoms with Gasteiger partial charge in [-0.2, -0.15) is 0 Å². The van der Waals surface area contributed by atoms with Gasteiger partial charge in [0.15, 0.2) is 0 Å². The van der Waals surface area contributed by atoms with E-state index in [9.17, 15) is 9.90 Å². The molecule has 32 heavy (non-hydrogen) atoms. The Morgan fingerprint density at radius 3 is 2.62 bits per heavy atom. The lowest BCUT2D eigenvalue weighted by Gasteiger charge is -2.27. The fraction of sp³-hybridized carbons (Fsp3) is 0.240. The summed E-state index contributed by atoms with van der Waals surface area (Å²) in [6.07, 6.45) is 2.17. The van der Waals surface area contributed by atoms with Crippen LogP contribution in [0.4, 0.5) is 0 Å². The van der Waals surface area contributed by atoms with Gasteiger partial charge < -0.3 is 20.3 Å². The van der Waals surface area contributed by atoms with Crippen LogP contribution in [0.15, 0.2) is 66.7 Å². The number of nitrogens with one attached hydrogen (secondary N) is 1. The second kappa shape index (κ2) is 10.8. The highest BCUT2D eigenvalue weighted by Crippen LogP contribution is 2.29. The van der Waals surface area contributed by atoms with E-state index in [2.05, 4.69) is 11.4 Å². The van der Waals surface area contributed by atoms with E-state index in [4.69, 9.17) is 21.4 Å². The minimum atomic E-state index is -0.982. The third kappa shape index (κ3) is 6.02. The molecular formula is C25H25Cl2NO4. The molecule has 0 bridgehead atoms. The Balaban J connectivity index is 0.00000289. The van der Waals surface area contributed by atoms with Crippen LogP contribution in [-0.4, -0.2) is 28.8 Å². The van der Waals surface area contributed by atoms with Crippen LogP contribution in [0.2, 0.25) is 5.02 Å². The number of aryl methyl sites for hydroxylation is 1. The monoisotopic (exact) mass is 473 g/mol. The van der Waals surface area contributed by atoms with Crippen LogP contribution in [0, 0.1) is 0 Å². The number of aliphatic hydroxyl groups excluding tert-OH is 1. The zero-order valence-corrected chi connectivity index (χ0v) is 18.9. The molecule has 0 aromatic heterocycles. The Morgan fingerprint density at radius 2 is 1.84 bits per heavy atom. The Morgan fingerprint density at radius 1 is 1.06 bits per heavy atom. The van der Waals surface area contributed by atoms with Crippen LogP contribution in [0.3, 0.4) is 0 Å². The maximum Gasteiger partial charge on any atom is 0.335 e. The summed E-state index contributed by atoms with van der Waals surface area (Å²) >= 11 is 6.02. The summed E-state index contributed by atoms with van der Waals surface area (Å²) in [5, 5.41) is 23.7. The molecule has 1 aliphatic carbocycles. The van der Waals surface area contributed by atoms with Gasteiger partial charge in [-0.3, -0.25) is 0 Å². The first-order chi connectivity index (χ1) is 15.0. The predicted molar refractivity (Wildman–Crippen MR) is 127 cm³/mol. The zero-order valence-electron chi connectivity index (χ0n) is 17.3. The van der Waals surface area contributed by atoms with E-state index in [-0.39, 0.29) is 24.0 Å². The highest BCUT2D eigenvalue weighted by Gasteiger charge is 2.20. The molecule has 0 amide bonds. The van der Waals surface area contributed by atoms with Crippen molar-refractivity contribution in [3.8, 4) is 11.5 Å². The maximum atomic E-state index is 11.2. The normalized spacial score (nSPS) is 15.9. The molecule has 0 saturated heterocycles. The molecule has 0 heterocycles. The fourth-order valence-corrected chi connectivity index (χ4v) is 4.11. The van der Waals surface area contributed by atoms with Crippen molar-refractivity contribution in [2.75, 3.05) is 6.54 Å². The smallest absolute Gasteiger partial charge is 0.335 e. The Hall–Kier alpha value is -2.57. The summed E-state index contributed by atoms with van der Waals surface area (Å²) in [4.78, 5) is 11.2. The van der Waals surface area contributed by atoms with Crippen molar-refractivity contribution in [1.82, 2.24) is 5.32 Å². The van der Waals surface area contributed by atoms with Gasteiger partial charge in [0.1, 0.15) is 11.5 Å². The van der Waals surface area contributed by atoms with Crippen molar-refractivity contribution in [3.05, 3.63) is 94.0 Å². The molecule has 5 nitrogen and oxygen atoms in total. The van der Waals surface area contributed by atoms with E-state index in [0.29, 0.717) is 23.1 Å². The molecule has 0 fully saturated rings. The van der Waals surface area contributed by atoms with Crippen LogP contribution in [0.5, 0.6) is 11.5 Å². The number of fused-ring (bicyclic) bond motifs is 1. The molecule has 168 valence electrons. The van der Waals surface area contributed by atoms with Crippen LogP contribution >= 0.6 is 24.0 Å². The second-order valence-electron chi connectivity index (χ2n) is 7.78. The lowest BCUT2D eigenvalue weighted by molar-refractivity contribution is 0.0696.